The monoisotopic (exact) mass is 371 g/mol. The van der Waals surface area contributed by atoms with Crippen LogP contribution in [0.25, 0.3) is 27.8 Å². The van der Waals surface area contributed by atoms with Crippen LogP contribution in [0.1, 0.15) is 16.8 Å². The van der Waals surface area contributed by atoms with Crippen LogP contribution in [0.4, 0.5) is 4.39 Å². The van der Waals surface area contributed by atoms with Crippen LogP contribution in [0.5, 0.6) is 0 Å². The summed E-state index contributed by atoms with van der Waals surface area (Å²) in [6.45, 7) is 4.16. The summed E-state index contributed by atoms with van der Waals surface area (Å²) in [7, 11) is 2.18. The highest BCUT2D eigenvalue weighted by atomic mass is 19.1. The lowest BCUT2D eigenvalue weighted by atomic mass is 10.0. The summed E-state index contributed by atoms with van der Waals surface area (Å²) in [6.07, 6.45) is 2.89. The second-order valence-electron chi connectivity index (χ2n) is 7.68. The Hall–Kier alpha value is -2.98. The van der Waals surface area contributed by atoms with Crippen molar-refractivity contribution >= 4 is 10.9 Å². The topological polar surface area (TPSA) is 21.1 Å². The van der Waals surface area contributed by atoms with Gasteiger partial charge in [0, 0.05) is 42.4 Å². The van der Waals surface area contributed by atoms with Crippen LogP contribution in [0, 0.1) is 12.7 Å². The van der Waals surface area contributed by atoms with Crippen molar-refractivity contribution in [2.45, 2.75) is 19.9 Å². The molecule has 0 aliphatic carbocycles. The number of rotatable bonds is 2. The molecule has 28 heavy (non-hydrogen) atoms. The standard InChI is InChI=1S/C24H22FN3/c1-16-3-9-22-20(13-16)21-15-27(2)12-11-23(21)28(22)24-10-6-18(14-26-24)17-4-7-19(25)8-5-17/h3-10,13-14H,11-12,15H2,1-2H3. The van der Waals surface area contributed by atoms with Crippen molar-refractivity contribution < 1.29 is 4.39 Å². The van der Waals surface area contributed by atoms with E-state index in [0.717, 1.165) is 36.5 Å². The molecule has 0 radical (unpaired) electrons. The molecule has 0 unspecified atom stereocenters. The normalized spacial score (nSPS) is 14.4. The molecular formula is C24H22FN3. The third kappa shape index (κ3) is 2.81. The molecule has 0 amide bonds. The van der Waals surface area contributed by atoms with E-state index in [1.54, 1.807) is 12.1 Å². The van der Waals surface area contributed by atoms with Crippen LogP contribution in [-0.4, -0.2) is 28.0 Å². The van der Waals surface area contributed by atoms with E-state index in [1.807, 2.05) is 6.20 Å². The van der Waals surface area contributed by atoms with E-state index in [-0.39, 0.29) is 5.82 Å². The molecule has 0 saturated carbocycles. The highest BCUT2D eigenvalue weighted by molar-refractivity contribution is 5.88. The Morgan fingerprint density at radius 2 is 1.75 bits per heavy atom. The molecule has 4 aromatic rings. The third-order valence-electron chi connectivity index (χ3n) is 5.65. The molecule has 0 saturated heterocycles. The van der Waals surface area contributed by atoms with Gasteiger partial charge in [-0.2, -0.15) is 0 Å². The maximum Gasteiger partial charge on any atom is 0.137 e. The zero-order chi connectivity index (χ0) is 19.3. The number of nitrogens with zero attached hydrogens (tertiary/aromatic N) is 3. The summed E-state index contributed by atoms with van der Waals surface area (Å²) in [4.78, 5) is 7.15. The fraction of sp³-hybridized carbons (Fsp3) is 0.208. The third-order valence-corrected chi connectivity index (χ3v) is 5.65. The molecule has 2 aromatic heterocycles. The maximum absolute atomic E-state index is 13.2. The van der Waals surface area contributed by atoms with Crippen molar-refractivity contribution in [3.05, 3.63) is 83.4 Å². The van der Waals surface area contributed by atoms with E-state index in [0.29, 0.717) is 0 Å². The molecule has 0 fully saturated rings. The Labute approximate surface area is 164 Å². The molecule has 140 valence electrons. The predicted molar refractivity (Wildman–Crippen MR) is 111 cm³/mol. The minimum atomic E-state index is -0.223. The molecule has 5 rings (SSSR count). The van der Waals surface area contributed by atoms with E-state index in [1.165, 1.54) is 39.9 Å². The van der Waals surface area contributed by atoms with E-state index >= 15 is 0 Å². The van der Waals surface area contributed by atoms with Gasteiger partial charge in [-0.1, -0.05) is 23.8 Å². The summed E-state index contributed by atoms with van der Waals surface area (Å²) in [6, 6.07) is 17.3. The van der Waals surface area contributed by atoms with Crippen LogP contribution in [0.15, 0.2) is 60.8 Å². The molecule has 3 nitrogen and oxygen atoms in total. The number of benzene rings is 2. The SMILES string of the molecule is Cc1ccc2c(c1)c1c(n2-c2ccc(-c3ccc(F)cc3)cn2)CCN(C)C1. The number of aromatic nitrogens is 2. The first-order chi connectivity index (χ1) is 13.6. The van der Waals surface area contributed by atoms with Gasteiger partial charge in [0.05, 0.1) is 5.52 Å². The van der Waals surface area contributed by atoms with Crippen LogP contribution >= 0.6 is 0 Å². The summed E-state index contributed by atoms with van der Waals surface area (Å²) in [5.41, 5.74) is 7.23. The number of aryl methyl sites for hydroxylation is 1. The zero-order valence-corrected chi connectivity index (χ0v) is 16.1. The molecule has 1 aliphatic rings. The molecule has 0 spiro atoms. The Kier molecular flexibility index (Phi) is 4.02. The van der Waals surface area contributed by atoms with Crippen molar-refractivity contribution in [3.63, 3.8) is 0 Å². The summed E-state index contributed by atoms with van der Waals surface area (Å²) in [5, 5.41) is 1.32. The Balaban J connectivity index is 1.64. The Morgan fingerprint density at radius 1 is 0.964 bits per heavy atom. The van der Waals surface area contributed by atoms with Crippen molar-refractivity contribution in [1.29, 1.82) is 0 Å². The van der Waals surface area contributed by atoms with Crippen LogP contribution in [0.3, 0.4) is 0 Å². The van der Waals surface area contributed by atoms with Gasteiger partial charge < -0.3 is 4.90 Å². The molecule has 0 bridgehead atoms. The minimum Gasteiger partial charge on any atom is -0.302 e. The van der Waals surface area contributed by atoms with Gasteiger partial charge in [0.25, 0.3) is 0 Å². The summed E-state index contributed by atoms with van der Waals surface area (Å²) >= 11 is 0. The number of pyridine rings is 1. The predicted octanol–water partition coefficient (Wildman–Crippen LogP) is 5.13. The first kappa shape index (κ1) is 17.1. The van der Waals surface area contributed by atoms with Gasteiger partial charge in [-0.25, -0.2) is 9.37 Å². The van der Waals surface area contributed by atoms with Crippen LogP contribution in [-0.2, 0) is 13.0 Å². The smallest absolute Gasteiger partial charge is 0.137 e. The van der Waals surface area contributed by atoms with E-state index < -0.39 is 0 Å². The number of hydrogen-bond donors (Lipinski definition) is 0. The average Bonchev–Trinajstić information content (AvgIpc) is 3.02. The van der Waals surface area contributed by atoms with Gasteiger partial charge in [0.15, 0.2) is 0 Å². The van der Waals surface area contributed by atoms with Crippen molar-refractivity contribution in [1.82, 2.24) is 14.5 Å². The first-order valence-electron chi connectivity index (χ1n) is 9.64. The molecule has 2 aromatic carbocycles. The highest BCUT2D eigenvalue weighted by Gasteiger charge is 2.23. The lowest BCUT2D eigenvalue weighted by Gasteiger charge is -2.24. The fourth-order valence-electron chi connectivity index (χ4n) is 4.20. The molecule has 0 atom stereocenters. The van der Waals surface area contributed by atoms with Gasteiger partial charge >= 0.3 is 0 Å². The van der Waals surface area contributed by atoms with Crippen molar-refractivity contribution in [2.24, 2.45) is 0 Å². The van der Waals surface area contributed by atoms with E-state index in [2.05, 4.69) is 53.8 Å². The molecule has 0 N–H and O–H groups in total. The average molecular weight is 371 g/mol. The number of fused-ring (bicyclic) bond motifs is 3. The van der Waals surface area contributed by atoms with Gasteiger partial charge in [-0.15, -0.1) is 0 Å². The number of halogens is 1. The lowest BCUT2D eigenvalue weighted by Crippen LogP contribution is -2.27. The Bertz CT molecular complexity index is 1160. The summed E-state index contributed by atoms with van der Waals surface area (Å²) in [5.74, 6) is 0.713. The fourth-order valence-corrected chi connectivity index (χ4v) is 4.20. The van der Waals surface area contributed by atoms with Gasteiger partial charge in [0.1, 0.15) is 11.6 Å². The number of hydrogen-bond acceptors (Lipinski definition) is 2. The lowest BCUT2D eigenvalue weighted by molar-refractivity contribution is 0.311. The van der Waals surface area contributed by atoms with Crippen LogP contribution < -0.4 is 0 Å². The molecule has 1 aliphatic heterocycles. The minimum absolute atomic E-state index is 0.223. The van der Waals surface area contributed by atoms with E-state index in [4.69, 9.17) is 4.98 Å². The highest BCUT2D eigenvalue weighted by Crippen LogP contribution is 2.33. The zero-order valence-electron chi connectivity index (χ0n) is 16.1. The maximum atomic E-state index is 13.2. The quantitative estimate of drug-likeness (QED) is 0.487. The van der Waals surface area contributed by atoms with Crippen molar-refractivity contribution in [2.75, 3.05) is 13.6 Å². The Morgan fingerprint density at radius 3 is 2.50 bits per heavy atom. The first-order valence-corrected chi connectivity index (χ1v) is 9.64. The van der Waals surface area contributed by atoms with Gasteiger partial charge in [-0.05, 0) is 61.5 Å². The summed E-state index contributed by atoms with van der Waals surface area (Å²) < 4.78 is 15.5. The molecule has 4 heteroatoms. The number of likely N-dealkylation sites (N-methyl/N-ethyl adjacent to an activating group) is 1. The van der Waals surface area contributed by atoms with Gasteiger partial charge in [0.2, 0.25) is 0 Å². The van der Waals surface area contributed by atoms with Gasteiger partial charge in [-0.3, -0.25) is 4.57 Å². The largest absolute Gasteiger partial charge is 0.302 e. The molecular weight excluding hydrogens is 349 g/mol. The second kappa shape index (κ2) is 6.57. The van der Waals surface area contributed by atoms with E-state index in [9.17, 15) is 4.39 Å². The molecule has 3 heterocycles. The van der Waals surface area contributed by atoms with Crippen LogP contribution in [0.2, 0.25) is 0 Å². The second-order valence-corrected chi connectivity index (χ2v) is 7.68. The van der Waals surface area contributed by atoms with Crippen molar-refractivity contribution in [3.8, 4) is 16.9 Å².